The molecule has 7 heteroatoms. The number of rotatable bonds is 3. The summed E-state index contributed by atoms with van der Waals surface area (Å²) < 4.78 is 0.927. The van der Waals surface area contributed by atoms with Gasteiger partial charge in [-0.05, 0) is 18.2 Å². The summed E-state index contributed by atoms with van der Waals surface area (Å²) >= 11 is 5.88. The summed E-state index contributed by atoms with van der Waals surface area (Å²) in [5, 5.41) is 14.3. The number of halogens is 1. The number of hydrogen-bond acceptors (Lipinski definition) is 4. The summed E-state index contributed by atoms with van der Waals surface area (Å²) in [6.45, 7) is -0.484. The standard InChI is InChI=1S/C12H12ClN3O3/c1-15(2)11-8-4-3-7(13)5-9(8)12(19)16(14-11)6-10(17)18/h3-5H,6H2,1-2H3,(H,17,18). The van der Waals surface area contributed by atoms with Crippen LogP contribution in [-0.4, -0.2) is 35.0 Å². The van der Waals surface area contributed by atoms with E-state index in [9.17, 15) is 9.59 Å². The first-order valence-corrected chi connectivity index (χ1v) is 5.87. The molecular formula is C12H12ClN3O3. The minimum Gasteiger partial charge on any atom is -0.480 e. The van der Waals surface area contributed by atoms with Crippen LogP contribution in [0.1, 0.15) is 0 Å². The van der Waals surface area contributed by atoms with Crippen LogP contribution in [0.5, 0.6) is 0 Å². The van der Waals surface area contributed by atoms with Gasteiger partial charge in [0, 0.05) is 24.5 Å². The lowest BCUT2D eigenvalue weighted by Gasteiger charge is -2.15. The normalized spacial score (nSPS) is 10.7. The van der Waals surface area contributed by atoms with Gasteiger partial charge < -0.3 is 10.0 Å². The number of carboxylic acid groups (broad SMARTS) is 1. The molecule has 0 aliphatic carbocycles. The van der Waals surface area contributed by atoms with Crippen LogP contribution >= 0.6 is 11.6 Å². The van der Waals surface area contributed by atoms with E-state index in [1.165, 1.54) is 6.07 Å². The Hall–Kier alpha value is -2.08. The quantitative estimate of drug-likeness (QED) is 0.915. The Bertz CT molecular complexity index is 709. The highest BCUT2D eigenvalue weighted by Gasteiger charge is 2.14. The second kappa shape index (κ2) is 4.89. The number of aromatic nitrogens is 2. The molecule has 1 aromatic carbocycles. The molecule has 1 N–H and O–H groups in total. The fourth-order valence-corrected chi connectivity index (χ4v) is 1.98. The molecule has 2 rings (SSSR count). The third kappa shape index (κ3) is 2.53. The van der Waals surface area contributed by atoms with Gasteiger partial charge in [-0.1, -0.05) is 11.6 Å². The number of hydrogen-bond donors (Lipinski definition) is 1. The van der Waals surface area contributed by atoms with E-state index in [0.29, 0.717) is 21.6 Å². The van der Waals surface area contributed by atoms with Gasteiger partial charge in [-0.2, -0.15) is 5.10 Å². The number of nitrogens with zero attached hydrogens (tertiary/aromatic N) is 3. The summed E-state index contributed by atoms with van der Waals surface area (Å²) in [6.07, 6.45) is 0. The second-order valence-electron chi connectivity index (χ2n) is 4.26. The van der Waals surface area contributed by atoms with Crippen LogP contribution < -0.4 is 10.5 Å². The van der Waals surface area contributed by atoms with Crippen LogP contribution in [-0.2, 0) is 11.3 Å². The fraction of sp³-hybridized carbons (Fsp3) is 0.250. The molecule has 0 saturated carbocycles. The van der Waals surface area contributed by atoms with E-state index in [0.717, 1.165) is 4.68 Å². The van der Waals surface area contributed by atoms with Crippen molar-refractivity contribution in [3.05, 3.63) is 33.6 Å². The van der Waals surface area contributed by atoms with E-state index in [2.05, 4.69) is 5.10 Å². The molecule has 0 spiro atoms. The summed E-state index contributed by atoms with van der Waals surface area (Å²) in [4.78, 5) is 24.6. The van der Waals surface area contributed by atoms with Crippen LogP contribution in [0.15, 0.2) is 23.0 Å². The summed E-state index contributed by atoms with van der Waals surface area (Å²) in [5.41, 5.74) is -0.467. The molecule has 0 fully saturated rings. The highest BCUT2D eigenvalue weighted by molar-refractivity contribution is 6.31. The SMILES string of the molecule is CN(C)c1nn(CC(=O)O)c(=O)c2cc(Cl)ccc12. The van der Waals surface area contributed by atoms with E-state index >= 15 is 0 Å². The monoisotopic (exact) mass is 281 g/mol. The largest absolute Gasteiger partial charge is 0.480 e. The highest BCUT2D eigenvalue weighted by Crippen LogP contribution is 2.23. The Morgan fingerprint density at radius 2 is 2.11 bits per heavy atom. The maximum atomic E-state index is 12.2. The van der Waals surface area contributed by atoms with Gasteiger partial charge in [-0.15, -0.1) is 0 Å². The lowest BCUT2D eigenvalue weighted by molar-refractivity contribution is -0.137. The Morgan fingerprint density at radius 1 is 1.42 bits per heavy atom. The lowest BCUT2D eigenvalue weighted by Crippen LogP contribution is -2.29. The molecule has 6 nitrogen and oxygen atoms in total. The molecule has 1 heterocycles. The third-order valence-corrected chi connectivity index (χ3v) is 2.85. The summed E-state index contributed by atoms with van der Waals surface area (Å²) in [5.74, 6) is -0.604. The topological polar surface area (TPSA) is 75.4 Å². The smallest absolute Gasteiger partial charge is 0.325 e. The number of carboxylic acids is 1. The first-order valence-electron chi connectivity index (χ1n) is 5.49. The lowest BCUT2D eigenvalue weighted by atomic mass is 10.2. The van der Waals surface area contributed by atoms with Crippen molar-refractivity contribution < 1.29 is 9.90 Å². The zero-order valence-corrected chi connectivity index (χ0v) is 11.2. The van der Waals surface area contributed by atoms with Crippen molar-refractivity contribution in [1.29, 1.82) is 0 Å². The van der Waals surface area contributed by atoms with E-state index in [1.54, 1.807) is 31.1 Å². The molecule has 0 amide bonds. The zero-order valence-electron chi connectivity index (χ0n) is 10.4. The van der Waals surface area contributed by atoms with Crippen molar-refractivity contribution in [1.82, 2.24) is 9.78 Å². The van der Waals surface area contributed by atoms with Gasteiger partial charge >= 0.3 is 5.97 Å². The van der Waals surface area contributed by atoms with E-state index in [4.69, 9.17) is 16.7 Å². The van der Waals surface area contributed by atoms with Crippen molar-refractivity contribution in [2.24, 2.45) is 0 Å². The molecule has 0 radical (unpaired) electrons. The van der Waals surface area contributed by atoms with Crippen molar-refractivity contribution >= 4 is 34.2 Å². The first-order chi connectivity index (χ1) is 8.90. The highest BCUT2D eigenvalue weighted by atomic mass is 35.5. The third-order valence-electron chi connectivity index (χ3n) is 2.61. The molecule has 19 heavy (non-hydrogen) atoms. The van der Waals surface area contributed by atoms with Gasteiger partial charge in [0.05, 0.1) is 5.39 Å². The Balaban J connectivity index is 2.82. The Morgan fingerprint density at radius 3 is 2.68 bits per heavy atom. The average Bonchev–Trinajstić information content (AvgIpc) is 2.32. The average molecular weight is 282 g/mol. The van der Waals surface area contributed by atoms with Crippen molar-refractivity contribution in [3.63, 3.8) is 0 Å². The number of aliphatic carboxylic acids is 1. The fourth-order valence-electron chi connectivity index (χ4n) is 1.81. The Kier molecular flexibility index (Phi) is 3.44. The van der Waals surface area contributed by atoms with E-state index < -0.39 is 18.1 Å². The molecular weight excluding hydrogens is 270 g/mol. The van der Waals surface area contributed by atoms with Gasteiger partial charge in [0.1, 0.15) is 6.54 Å². The first kappa shape index (κ1) is 13.4. The molecule has 0 unspecified atom stereocenters. The van der Waals surface area contributed by atoms with E-state index in [-0.39, 0.29) is 0 Å². The number of fused-ring (bicyclic) bond motifs is 1. The van der Waals surface area contributed by atoms with Gasteiger partial charge in [-0.3, -0.25) is 9.59 Å². The molecule has 2 aromatic rings. The molecule has 0 aliphatic heterocycles. The number of benzene rings is 1. The minimum absolute atomic E-state index is 0.354. The molecule has 0 atom stereocenters. The number of anilines is 1. The van der Waals surface area contributed by atoms with Crippen molar-refractivity contribution in [2.45, 2.75) is 6.54 Å². The molecule has 0 aliphatic rings. The van der Waals surface area contributed by atoms with Crippen LogP contribution in [0.2, 0.25) is 5.02 Å². The predicted molar refractivity (Wildman–Crippen MR) is 73.0 cm³/mol. The van der Waals surface area contributed by atoms with Crippen LogP contribution in [0.4, 0.5) is 5.82 Å². The molecule has 0 saturated heterocycles. The van der Waals surface area contributed by atoms with Gasteiger partial charge in [-0.25, -0.2) is 4.68 Å². The second-order valence-corrected chi connectivity index (χ2v) is 4.70. The summed E-state index contributed by atoms with van der Waals surface area (Å²) in [7, 11) is 3.54. The van der Waals surface area contributed by atoms with Gasteiger partial charge in [0.15, 0.2) is 5.82 Å². The molecule has 1 aromatic heterocycles. The molecule has 100 valence electrons. The van der Waals surface area contributed by atoms with Crippen molar-refractivity contribution in [3.8, 4) is 0 Å². The minimum atomic E-state index is -1.12. The van der Waals surface area contributed by atoms with Crippen LogP contribution in [0.3, 0.4) is 0 Å². The van der Waals surface area contributed by atoms with E-state index in [1.807, 2.05) is 0 Å². The maximum absolute atomic E-state index is 12.2. The predicted octanol–water partition coefficient (Wildman–Crippen LogP) is 1.20. The van der Waals surface area contributed by atoms with Crippen LogP contribution in [0.25, 0.3) is 10.8 Å². The summed E-state index contributed by atoms with van der Waals surface area (Å²) in [6, 6.07) is 4.89. The van der Waals surface area contributed by atoms with Crippen LogP contribution in [0, 0.1) is 0 Å². The molecule has 0 bridgehead atoms. The van der Waals surface area contributed by atoms with Crippen molar-refractivity contribution in [2.75, 3.05) is 19.0 Å². The number of carbonyl (C=O) groups is 1. The van der Waals surface area contributed by atoms with Gasteiger partial charge in [0.2, 0.25) is 0 Å². The maximum Gasteiger partial charge on any atom is 0.325 e. The van der Waals surface area contributed by atoms with Gasteiger partial charge in [0.25, 0.3) is 5.56 Å². The zero-order chi connectivity index (χ0) is 14.2. The Labute approximate surface area is 113 Å².